The average molecular weight is 658 g/mol. The van der Waals surface area contributed by atoms with Crippen LogP contribution in [0.25, 0.3) is 0 Å². The van der Waals surface area contributed by atoms with E-state index in [0.717, 1.165) is 64.2 Å². The van der Waals surface area contributed by atoms with Gasteiger partial charge in [-0.15, -0.1) is 0 Å². The molecule has 0 saturated heterocycles. The van der Waals surface area contributed by atoms with Crippen molar-refractivity contribution >= 4 is 5.91 Å². The van der Waals surface area contributed by atoms with Crippen molar-refractivity contribution in [2.45, 2.75) is 193 Å². The van der Waals surface area contributed by atoms with Crippen molar-refractivity contribution in [1.82, 2.24) is 5.32 Å². The van der Waals surface area contributed by atoms with Crippen LogP contribution in [0.5, 0.6) is 0 Å². The Bertz CT molecular complexity index is 815. The number of aliphatic hydroxyl groups excluding tert-OH is 3. The van der Waals surface area contributed by atoms with Gasteiger partial charge in [0.1, 0.15) is 6.10 Å². The van der Waals surface area contributed by atoms with Gasteiger partial charge >= 0.3 is 0 Å². The standard InChI is InChI=1S/C42H75NO4/c1-3-5-7-9-11-13-15-16-17-18-19-20-21-22-23-24-25-27-29-31-33-35-37-41(46)42(47)43-39(38-44)40(45)36-34-32-30-28-26-14-12-10-8-6-4-2/h8,10,19-20,22-23,26,28,34,36,39-41,44-46H,3-7,9,11-18,21,24-25,27,29-33,35,37-38H2,1-2H3,(H,43,47)/b10-8+,20-19-,23-22-,28-26+,36-34+. The first-order valence-electron chi connectivity index (χ1n) is 19.6. The third-order valence-electron chi connectivity index (χ3n) is 8.54. The lowest BCUT2D eigenvalue weighted by molar-refractivity contribution is -0.131. The van der Waals surface area contributed by atoms with Crippen molar-refractivity contribution in [3.63, 3.8) is 0 Å². The fraction of sp³-hybridized carbons (Fsp3) is 0.738. The van der Waals surface area contributed by atoms with Crippen LogP contribution in [0.15, 0.2) is 60.8 Å². The molecule has 3 atom stereocenters. The molecule has 0 rings (SSSR count). The maximum absolute atomic E-state index is 12.4. The van der Waals surface area contributed by atoms with Gasteiger partial charge < -0.3 is 20.6 Å². The number of nitrogens with one attached hydrogen (secondary N) is 1. The number of unbranched alkanes of at least 4 members (excludes halogenated alkanes) is 18. The predicted octanol–water partition coefficient (Wildman–Crippen LogP) is 10.8. The molecule has 0 bridgehead atoms. The number of hydrogen-bond donors (Lipinski definition) is 4. The molecule has 0 aromatic heterocycles. The predicted molar refractivity (Wildman–Crippen MR) is 204 cm³/mol. The van der Waals surface area contributed by atoms with E-state index in [1.54, 1.807) is 6.08 Å². The van der Waals surface area contributed by atoms with Crippen LogP contribution in [0.2, 0.25) is 0 Å². The van der Waals surface area contributed by atoms with Crippen LogP contribution < -0.4 is 5.32 Å². The molecule has 0 radical (unpaired) electrons. The lowest BCUT2D eigenvalue weighted by Crippen LogP contribution is -2.48. The van der Waals surface area contributed by atoms with Gasteiger partial charge in [0.15, 0.2) is 0 Å². The zero-order valence-corrected chi connectivity index (χ0v) is 30.6. The molecule has 0 aromatic carbocycles. The maximum Gasteiger partial charge on any atom is 0.249 e. The highest BCUT2D eigenvalue weighted by Gasteiger charge is 2.22. The molecule has 5 nitrogen and oxygen atoms in total. The normalized spacial score (nSPS) is 14.4. The fourth-order valence-electron chi connectivity index (χ4n) is 5.43. The molecule has 4 N–H and O–H groups in total. The van der Waals surface area contributed by atoms with E-state index in [-0.39, 0.29) is 6.61 Å². The Labute approximate surface area is 290 Å². The van der Waals surface area contributed by atoms with Crippen LogP contribution in [0.4, 0.5) is 0 Å². The van der Waals surface area contributed by atoms with Crippen molar-refractivity contribution in [3.05, 3.63) is 60.8 Å². The van der Waals surface area contributed by atoms with Gasteiger partial charge in [0.05, 0.1) is 18.8 Å². The van der Waals surface area contributed by atoms with E-state index in [4.69, 9.17) is 0 Å². The van der Waals surface area contributed by atoms with Gasteiger partial charge in [-0.3, -0.25) is 4.79 Å². The Morgan fingerprint density at radius 1 is 0.532 bits per heavy atom. The minimum absolute atomic E-state index is 0.388. The van der Waals surface area contributed by atoms with Gasteiger partial charge in [-0.05, 0) is 70.6 Å². The first-order chi connectivity index (χ1) is 23.1. The number of hydrogen-bond acceptors (Lipinski definition) is 4. The topological polar surface area (TPSA) is 89.8 Å². The Balaban J connectivity index is 3.76. The molecule has 272 valence electrons. The first kappa shape index (κ1) is 45.0. The van der Waals surface area contributed by atoms with Crippen molar-refractivity contribution in [3.8, 4) is 0 Å². The molecule has 0 aromatic rings. The quantitative estimate of drug-likeness (QED) is 0.0409. The van der Waals surface area contributed by atoms with E-state index in [1.165, 1.54) is 89.9 Å². The summed E-state index contributed by atoms with van der Waals surface area (Å²) >= 11 is 0. The van der Waals surface area contributed by atoms with Crippen molar-refractivity contribution in [2.24, 2.45) is 0 Å². The second-order valence-corrected chi connectivity index (χ2v) is 13.1. The minimum atomic E-state index is -1.12. The number of allylic oxidation sites excluding steroid dienone is 9. The summed E-state index contributed by atoms with van der Waals surface area (Å²) < 4.78 is 0. The highest BCUT2D eigenvalue weighted by molar-refractivity contribution is 5.80. The lowest BCUT2D eigenvalue weighted by atomic mass is 10.0. The molecule has 0 heterocycles. The molecular weight excluding hydrogens is 582 g/mol. The molecule has 5 heteroatoms. The Morgan fingerprint density at radius 2 is 0.979 bits per heavy atom. The van der Waals surface area contributed by atoms with E-state index >= 15 is 0 Å². The van der Waals surface area contributed by atoms with Crippen LogP contribution in [0.1, 0.15) is 174 Å². The highest BCUT2D eigenvalue weighted by Crippen LogP contribution is 2.12. The van der Waals surface area contributed by atoms with Gasteiger partial charge in [-0.1, -0.05) is 164 Å². The summed E-state index contributed by atoms with van der Waals surface area (Å²) in [5.74, 6) is -0.530. The lowest BCUT2D eigenvalue weighted by Gasteiger charge is -2.21. The van der Waals surface area contributed by atoms with Crippen LogP contribution in [-0.2, 0) is 4.79 Å². The fourth-order valence-corrected chi connectivity index (χ4v) is 5.43. The molecule has 1 amide bonds. The number of carbonyl (C=O) groups excluding carboxylic acids is 1. The van der Waals surface area contributed by atoms with Gasteiger partial charge in [0.2, 0.25) is 5.91 Å². The summed E-state index contributed by atoms with van der Waals surface area (Å²) in [6, 6.07) is -0.825. The number of rotatable bonds is 34. The summed E-state index contributed by atoms with van der Waals surface area (Å²) in [6.07, 6.45) is 48.2. The van der Waals surface area contributed by atoms with E-state index in [0.29, 0.717) is 6.42 Å². The zero-order chi connectivity index (χ0) is 34.5. The van der Waals surface area contributed by atoms with E-state index in [9.17, 15) is 20.1 Å². The van der Waals surface area contributed by atoms with E-state index in [2.05, 4.69) is 67.8 Å². The molecule has 0 spiro atoms. The van der Waals surface area contributed by atoms with Crippen molar-refractivity contribution < 1.29 is 20.1 Å². The molecule has 47 heavy (non-hydrogen) atoms. The second kappa shape index (κ2) is 36.9. The summed E-state index contributed by atoms with van der Waals surface area (Å²) in [7, 11) is 0. The molecule has 0 aliphatic heterocycles. The third-order valence-corrected chi connectivity index (χ3v) is 8.54. The van der Waals surface area contributed by atoms with Crippen LogP contribution in [-0.4, -0.2) is 46.1 Å². The Hall–Kier alpha value is -1.95. The average Bonchev–Trinajstić information content (AvgIpc) is 3.07. The summed E-state index contributed by atoms with van der Waals surface area (Å²) in [6.45, 7) is 4.06. The van der Waals surface area contributed by atoms with Crippen molar-refractivity contribution in [2.75, 3.05) is 6.61 Å². The van der Waals surface area contributed by atoms with Gasteiger partial charge in [0.25, 0.3) is 0 Å². The minimum Gasteiger partial charge on any atom is -0.394 e. The third kappa shape index (κ3) is 32.4. The van der Waals surface area contributed by atoms with Crippen LogP contribution >= 0.6 is 0 Å². The summed E-state index contributed by atoms with van der Waals surface area (Å²) in [5, 5.41) is 32.9. The van der Waals surface area contributed by atoms with Crippen molar-refractivity contribution in [1.29, 1.82) is 0 Å². The number of carbonyl (C=O) groups is 1. The SMILES string of the molecule is CCC/C=C/CC/C=C/CC/C=C/C(O)C(CO)NC(=O)C(O)CCCCCCCC/C=C\C/C=C\CCCCCCCCCCC. The molecule has 3 unspecified atom stereocenters. The smallest absolute Gasteiger partial charge is 0.249 e. The van der Waals surface area contributed by atoms with E-state index < -0.39 is 24.2 Å². The Morgan fingerprint density at radius 3 is 1.49 bits per heavy atom. The van der Waals surface area contributed by atoms with E-state index in [1.807, 2.05) is 6.08 Å². The van der Waals surface area contributed by atoms with Gasteiger partial charge in [-0.2, -0.15) is 0 Å². The Kier molecular flexibility index (Phi) is 35.3. The highest BCUT2D eigenvalue weighted by atomic mass is 16.3. The summed E-state index contributed by atoms with van der Waals surface area (Å²) in [5.41, 5.74) is 0. The monoisotopic (exact) mass is 658 g/mol. The molecular formula is C42H75NO4. The summed E-state index contributed by atoms with van der Waals surface area (Å²) in [4.78, 5) is 12.4. The number of aliphatic hydroxyl groups is 3. The zero-order valence-electron chi connectivity index (χ0n) is 30.6. The molecule has 0 aliphatic rings. The second-order valence-electron chi connectivity index (χ2n) is 13.1. The van der Waals surface area contributed by atoms with Gasteiger partial charge in [-0.25, -0.2) is 0 Å². The van der Waals surface area contributed by atoms with Crippen LogP contribution in [0, 0.1) is 0 Å². The molecule has 0 fully saturated rings. The number of amides is 1. The molecule has 0 saturated carbocycles. The van der Waals surface area contributed by atoms with Crippen LogP contribution in [0.3, 0.4) is 0 Å². The maximum atomic E-state index is 12.4. The first-order valence-corrected chi connectivity index (χ1v) is 19.6. The van der Waals surface area contributed by atoms with Gasteiger partial charge in [0, 0.05) is 0 Å². The molecule has 0 aliphatic carbocycles. The largest absolute Gasteiger partial charge is 0.394 e.